The molecule has 102 valence electrons. The van der Waals surface area contributed by atoms with Crippen molar-refractivity contribution in [2.45, 2.75) is 26.4 Å². The van der Waals surface area contributed by atoms with E-state index in [1.165, 1.54) is 0 Å². The lowest BCUT2D eigenvalue weighted by Crippen LogP contribution is -2.39. The number of urea groups is 1. The van der Waals surface area contributed by atoms with Gasteiger partial charge in [-0.25, -0.2) is 4.79 Å². The van der Waals surface area contributed by atoms with Crippen molar-refractivity contribution in [3.63, 3.8) is 0 Å². The van der Waals surface area contributed by atoms with Gasteiger partial charge in [0.05, 0.1) is 5.69 Å². The molecule has 0 spiro atoms. The van der Waals surface area contributed by atoms with Gasteiger partial charge in [0.1, 0.15) is 5.75 Å². The fourth-order valence-corrected chi connectivity index (χ4v) is 1.72. The molecule has 0 saturated heterocycles. The number of hydrogen-bond donors (Lipinski definition) is 3. The first kappa shape index (κ1) is 13.2. The molecule has 6 heteroatoms. The SMILES string of the molecule is CC(C)NC(=O)NCc1ccc2c(c1)OCC(=O)N2. The largest absolute Gasteiger partial charge is 0.482 e. The summed E-state index contributed by atoms with van der Waals surface area (Å²) in [6.45, 7) is 4.23. The molecule has 0 unspecified atom stereocenters. The Kier molecular flexibility index (Phi) is 3.89. The summed E-state index contributed by atoms with van der Waals surface area (Å²) >= 11 is 0. The summed E-state index contributed by atoms with van der Waals surface area (Å²) in [5.41, 5.74) is 1.57. The second-order valence-corrected chi connectivity index (χ2v) is 4.65. The van der Waals surface area contributed by atoms with Crippen LogP contribution in [0.5, 0.6) is 5.75 Å². The molecule has 19 heavy (non-hydrogen) atoms. The van der Waals surface area contributed by atoms with E-state index < -0.39 is 0 Å². The Morgan fingerprint density at radius 2 is 2.26 bits per heavy atom. The standard InChI is InChI=1S/C13H17N3O3/c1-8(2)15-13(18)14-6-9-3-4-10-11(5-9)19-7-12(17)16-10/h3-5,8H,6-7H2,1-2H3,(H,16,17)(H2,14,15,18). The molecule has 3 amide bonds. The number of benzene rings is 1. The van der Waals surface area contributed by atoms with Crippen molar-refractivity contribution in [1.82, 2.24) is 10.6 Å². The zero-order valence-corrected chi connectivity index (χ0v) is 10.9. The van der Waals surface area contributed by atoms with Crippen LogP contribution in [0.4, 0.5) is 10.5 Å². The third kappa shape index (κ3) is 3.61. The molecule has 1 heterocycles. The molecule has 3 N–H and O–H groups in total. The zero-order chi connectivity index (χ0) is 13.8. The van der Waals surface area contributed by atoms with E-state index in [2.05, 4.69) is 16.0 Å². The zero-order valence-electron chi connectivity index (χ0n) is 10.9. The Bertz CT molecular complexity index is 500. The molecule has 6 nitrogen and oxygen atoms in total. The fourth-order valence-electron chi connectivity index (χ4n) is 1.72. The van der Waals surface area contributed by atoms with Gasteiger partial charge in [0.25, 0.3) is 5.91 Å². The monoisotopic (exact) mass is 263 g/mol. The third-order valence-corrected chi connectivity index (χ3v) is 2.55. The minimum absolute atomic E-state index is 0.0255. The summed E-state index contributed by atoms with van der Waals surface area (Å²) in [5.74, 6) is 0.470. The first-order valence-corrected chi connectivity index (χ1v) is 6.14. The highest BCUT2D eigenvalue weighted by molar-refractivity contribution is 5.95. The van der Waals surface area contributed by atoms with Crippen molar-refractivity contribution in [2.24, 2.45) is 0 Å². The lowest BCUT2D eigenvalue weighted by atomic mass is 10.1. The van der Waals surface area contributed by atoms with Crippen LogP contribution in [0.3, 0.4) is 0 Å². The maximum absolute atomic E-state index is 11.4. The molecule has 2 rings (SSSR count). The van der Waals surface area contributed by atoms with Crippen molar-refractivity contribution < 1.29 is 14.3 Å². The van der Waals surface area contributed by atoms with Gasteiger partial charge >= 0.3 is 6.03 Å². The van der Waals surface area contributed by atoms with Gasteiger partial charge in [-0.1, -0.05) is 6.07 Å². The maximum Gasteiger partial charge on any atom is 0.315 e. The second kappa shape index (κ2) is 5.60. The predicted molar refractivity (Wildman–Crippen MR) is 71.1 cm³/mol. The number of nitrogens with one attached hydrogen (secondary N) is 3. The Balaban J connectivity index is 1.95. The lowest BCUT2D eigenvalue weighted by molar-refractivity contribution is -0.118. The topological polar surface area (TPSA) is 79.5 Å². The Hall–Kier alpha value is -2.24. The molecule has 0 aromatic heterocycles. The van der Waals surface area contributed by atoms with Crippen LogP contribution in [0.2, 0.25) is 0 Å². The summed E-state index contributed by atoms with van der Waals surface area (Å²) in [7, 11) is 0. The maximum atomic E-state index is 11.4. The number of amides is 3. The van der Waals surface area contributed by atoms with Gasteiger partial charge in [-0.2, -0.15) is 0 Å². The number of carbonyl (C=O) groups excluding carboxylic acids is 2. The number of anilines is 1. The van der Waals surface area contributed by atoms with Crippen molar-refractivity contribution >= 4 is 17.6 Å². The van der Waals surface area contributed by atoms with Gasteiger partial charge < -0.3 is 20.7 Å². The molecule has 1 aromatic rings. The van der Waals surface area contributed by atoms with Crippen molar-refractivity contribution in [3.8, 4) is 5.75 Å². The molecular formula is C13H17N3O3. The van der Waals surface area contributed by atoms with Gasteiger partial charge in [0.2, 0.25) is 0 Å². The summed E-state index contributed by atoms with van der Waals surface area (Å²) in [5, 5.41) is 8.21. The van der Waals surface area contributed by atoms with Gasteiger partial charge in [-0.15, -0.1) is 0 Å². The molecule has 1 aromatic carbocycles. The Morgan fingerprint density at radius 1 is 1.47 bits per heavy atom. The number of fused-ring (bicyclic) bond motifs is 1. The summed E-state index contributed by atoms with van der Waals surface area (Å²) in [6, 6.07) is 5.31. The van der Waals surface area contributed by atoms with E-state index in [0.717, 1.165) is 5.56 Å². The number of rotatable bonds is 3. The first-order valence-electron chi connectivity index (χ1n) is 6.14. The highest BCUT2D eigenvalue weighted by atomic mass is 16.5. The minimum atomic E-state index is -0.207. The van der Waals surface area contributed by atoms with E-state index in [4.69, 9.17) is 4.74 Å². The van der Waals surface area contributed by atoms with E-state index in [1.807, 2.05) is 26.0 Å². The summed E-state index contributed by atoms with van der Waals surface area (Å²) in [6.07, 6.45) is 0. The van der Waals surface area contributed by atoms with Crippen LogP contribution in [-0.2, 0) is 11.3 Å². The first-order chi connectivity index (χ1) is 9.04. The lowest BCUT2D eigenvalue weighted by Gasteiger charge is -2.18. The number of hydrogen-bond acceptors (Lipinski definition) is 3. The molecule has 0 atom stereocenters. The quantitative estimate of drug-likeness (QED) is 0.767. The van der Waals surface area contributed by atoms with E-state index in [1.54, 1.807) is 6.07 Å². The number of ether oxygens (including phenoxy) is 1. The molecule has 0 aliphatic carbocycles. The van der Waals surface area contributed by atoms with Crippen LogP contribution < -0.4 is 20.7 Å². The number of carbonyl (C=O) groups is 2. The molecule has 0 bridgehead atoms. The predicted octanol–water partition coefficient (Wildman–Crippen LogP) is 1.23. The van der Waals surface area contributed by atoms with E-state index >= 15 is 0 Å². The van der Waals surface area contributed by atoms with Crippen LogP contribution in [0, 0.1) is 0 Å². The van der Waals surface area contributed by atoms with E-state index in [9.17, 15) is 9.59 Å². The van der Waals surface area contributed by atoms with Crippen molar-refractivity contribution in [2.75, 3.05) is 11.9 Å². The van der Waals surface area contributed by atoms with Crippen LogP contribution in [0.25, 0.3) is 0 Å². The highest BCUT2D eigenvalue weighted by Crippen LogP contribution is 2.28. The third-order valence-electron chi connectivity index (χ3n) is 2.55. The molecule has 0 radical (unpaired) electrons. The summed E-state index contributed by atoms with van der Waals surface area (Å²) < 4.78 is 5.31. The van der Waals surface area contributed by atoms with Crippen LogP contribution in [0.1, 0.15) is 19.4 Å². The Morgan fingerprint density at radius 3 is 3.00 bits per heavy atom. The smallest absolute Gasteiger partial charge is 0.315 e. The average Bonchev–Trinajstić information content (AvgIpc) is 2.35. The normalized spacial score (nSPS) is 13.3. The van der Waals surface area contributed by atoms with Gasteiger partial charge in [-0.05, 0) is 31.5 Å². The molecular weight excluding hydrogens is 246 g/mol. The minimum Gasteiger partial charge on any atom is -0.482 e. The molecule has 1 aliphatic rings. The summed E-state index contributed by atoms with van der Waals surface area (Å²) in [4.78, 5) is 22.6. The molecule has 1 aliphatic heterocycles. The van der Waals surface area contributed by atoms with E-state index in [-0.39, 0.29) is 24.6 Å². The Labute approximate surface area is 111 Å². The van der Waals surface area contributed by atoms with Gasteiger partial charge in [-0.3, -0.25) is 4.79 Å². The molecule has 0 fully saturated rings. The van der Waals surface area contributed by atoms with E-state index in [0.29, 0.717) is 18.0 Å². The van der Waals surface area contributed by atoms with Gasteiger partial charge in [0, 0.05) is 12.6 Å². The van der Waals surface area contributed by atoms with Crippen molar-refractivity contribution in [1.29, 1.82) is 0 Å². The fraction of sp³-hybridized carbons (Fsp3) is 0.385. The van der Waals surface area contributed by atoms with Crippen molar-refractivity contribution in [3.05, 3.63) is 23.8 Å². The van der Waals surface area contributed by atoms with Crippen LogP contribution in [0.15, 0.2) is 18.2 Å². The van der Waals surface area contributed by atoms with Crippen LogP contribution >= 0.6 is 0 Å². The van der Waals surface area contributed by atoms with Crippen LogP contribution in [-0.4, -0.2) is 24.6 Å². The highest BCUT2D eigenvalue weighted by Gasteiger charge is 2.15. The molecule has 0 saturated carbocycles. The average molecular weight is 263 g/mol. The van der Waals surface area contributed by atoms with Gasteiger partial charge in [0.15, 0.2) is 6.61 Å². The second-order valence-electron chi connectivity index (χ2n) is 4.65.